The maximum absolute atomic E-state index is 5.76. The Balaban J connectivity index is 1.60. The Morgan fingerprint density at radius 3 is 1.63 bits per heavy atom. The molecule has 5 nitrogen and oxygen atoms in total. The van der Waals surface area contributed by atoms with E-state index < -0.39 is 0 Å². The quantitative estimate of drug-likeness (QED) is 0.503. The summed E-state index contributed by atoms with van der Waals surface area (Å²) in [5.74, 6) is 0. The standard InChI is InChI=1S/C14H26O5/c1-3-16-11(5-13-9-18-13)7-15-8-12(17-4-2)6-14-10-19-14/h11-14H,3-10H2,1-2H3. The summed E-state index contributed by atoms with van der Waals surface area (Å²) in [6, 6.07) is 0. The van der Waals surface area contributed by atoms with E-state index in [0.717, 1.165) is 26.1 Å². The Morgan fingerprint density at radius 1 is 0.895 bits per heavy atom. The molecule has 0 spiro atoms. The third kappa shape index (κ3) is 6.68. The van der Waals surface area contributed by atoms with Crippen molar-refractivity contribution in [3.05, 3.63) is 0 Å². The summed E-state index contributed by atoms with van der Waals surface area (Å²) >= 11 is 0. The molecule has 2 heterocycles. The van der Waals surface area contributed by atoms with Gasteiger partial charge in [-0.2, -0.15) is 0 Å². The predicted octanol–water partition coefficient (Wildman–Crippen LogP) is 1.39. The van der Waals surface area contributed by atoms with E-state index in [4.69, 9.17) is 23.7 Å². The molecule has 0 radical (unpaired) electrons. The summed E-state index contributed by atoms with van der Waals surface area (Å²) in [5.41, 5.74) is 0. The lowest BCUT2D eigenvalue weighted by Gasteiger charge is -2.20. The number of ether oxygens (including phenoxy) is 5. The highest BCUT2D eigenvalue weighted by Crippen LogP contribution is 2.19. The first kappa shape index (κ1) is 15.2. The Labute approximate surface area is 115 Å². The minimum Gasteiger partial charge on any atom is -0.376 e. The molecule has 0 aromatic rings. The van der Waals surface area contributed by atoms with Crippen LogP contribution in [0.1, 0.15) is 26.7 Å². The molecule has 2 aliphatic rings. The third-order valence-corrected chi connectivity index (χ3v) is 3.27. The number of hydrogen-bond donors (Lipinski definition) is 0. The zero-order chi connectivity index (χ0) is 13.5. The molecule has 0 aliphatic carbocycles. The number of rotatable bonds is 12. The normalized spacial score (nSPS) is 28.1. The summed E-state index contributed by atoms with van der Waals surface area (Å²) in [6.07, 6.45) is 2.89. The fourth-order valence-electron chi connectivity index (χ4n) is 2.17. The van der Waals surface area contributed by atoms with Crippen LogP contribution >= 0.6 is 0 Å². The second-order valence-corrected chi connectivity index (χ2v) is 5.07. The topological polar surface area (TPSA) is 52.8 Å². The van der Waals surface area contributed by atoms with Gasteiger partial charge in [-0.1, -0.05) is 0 Å². The van der Waals surface area contributed by atoms with E-state index in [-0.39, 0.29) is 12.2 Å². The van der Waals surface area contributed by atoms with Crippen LogP contribution in [0.3, 0.4) is 0 Å². The molecule has 0 saturated carbocycles. The maximum Gasteiger partial charge on any atom is 0.0835 e. The van der Waals surface area contributed by atoms with Gasteiger partial charge in [0.15, 0.2) is 0 Å². The van der Waals surface area contributed by atoms with Crippen LogP contribution in [0.25, 0.3) is 0 Å². The Hall–Kier alpha value is -0.200. The average molecular weight is 274 g/mol. The molecular formula is C14H26O5. The predicted molar refractivity (Wildman–Crippen MR) is 70.4 cm³/mol. The van der Waals surface area contributed by atoms with Crippen molar-refractivity contribution < 1.29 is 23.7 Å². The molecule has 4 unspecified atom stereocenters. The van der Waals surface area contributed by atoms with Crippen molar-refractivity contribution in [2.24, 2.45) is 0 Å². The molecule has 0 aromatic heterocycles. The smallest absolute Gasteiger partial charge is 0.0835 e. The zero-order valence-corrected chi connectivity index (χ0v) is 12.0. The van der Waals surface area contributed by atoms with Crippen LogP contribution < -0.4 is 0 Å². The van der Waals surface area contributed by atoms with Crippen LogP contribution in [-0.2, 0) is 23.7 Å². The van der Waals surface area contributed by atoms with Crippen LogP contribution in [-0.4, -0.2) is 64.1 Å². The van der Waals surface area contributed by atoms with Gasteiger partial charge in [-0.15, -0.1) is 0 Å². The van der Waals surface area contributed by atoms with E-state index in [9.17, 15) is 0 Å². The highest BCUT2D eigenvalue weighted by Gasteiger charge is 2.29. The lowest BCUT2D eigenvalue weighted by atomic mass is 10.2. The molecule has 112 valence electrons. The van der Waals surface area contributed by atoms with Crippen molar-refractivity contribution in [3.63, 3.8) is 0 Å². The second-order valence-electron chi connectivity index (χ2n) is 5.07. The lowest BCUT2D eigenvalue weighted by Crippen LogP contribution is -2.27. The van der Waals surface area contributed by atoms with Crippen molar-refractivity contribution in [2.75, 3.05) is 39.6 Å². The van der Waals surface area contributed by atoms with Gasteiger partial charge in [0.1, 0.15) is 0 Å². The average Bonchev–Trinajstić information content (AvgIpc) is 3.24. The van der Waals surface area contributed by atoms with E-state index >= 15 is 0 Å². The van der Waals surface area contributed by atoms with Crippen LogP contribution in [0, 0.1) is 0 Å². The van der Waals surface area contributed by atoms with E-state index in [0.29, 0.717) is 38.6 Å². The van der Waals surface area contributed by atoms with Crippen molar-refractivity contribution in [2.45, 2.75) is 51.1 Å². The highest BCUT2D eigenvalue weighted by atomic mass is 16.6. The van der Waals surface area contributed by atoms with E-state index in [1.54, 1.807) is 0 Å². The van der Waals surface area contributed by atoms with Gasteiger partial charge in [0.25, 0.3) is 0 Å². The Bertz CT molecular complexity index is 216. The molecule has 2 rings (SSSR count). The maximum atomic E-state index is 5.76. The van der Waals surface area contributed by atoms with Crippen LogP contribution in [0.5, 0.6) is 0 Å². The van der Waals surface area contributed by atoms with Gasteiger partial charge in [-0.3, -0.25) is 0 Å². The van der Waals surface area contributed by atoms with E-state index in [2.05, 4.69) is 0 Å². The van der Waals surface area contributed by atoms with Crippen molar-refractivity contribution in [1.29, 1.82) is 0 Å². The molecule has 2 aliphatic heterocycles. The molecule has 19 heavy (non-hydrogen) atoms. The van der Waals surface area contributed by atoms with Gasteiger partial charge in [-0.25, -0.2) is 0 Å². The molecular weight excluding hydrogens is 248 g/mol. The summed E-state index contributed by atoms with van der Waals surface area (Å²) in [7, 11) is 0. The zero-order valence-electron chi connectivity index (χ0n) is 12.0. The summed E-state index contributed by atoms with van der Waals surface area (Å²) < 4.78 is 27.5. The van der Waals surface area contributed by atoms with Crippen LogP contribution in [0.4, 0.5) is 0 Å². The van der Waals surface area contributed by atoms with Gasteiger partial charge < -0.3 is 23.7 Å². The first-order chi connectivity index (χ1) is 9.31. The monoisotopic (exact) mass is 274 g/mol. The molecule has 0 bridgehead atoms. The fourth-order valence-corrected chi connectivity index (χ4v) is 2.17. The summed E-state index contributed by atoms with van der Waals surface area (Å²) in [6.45, 7) is 8.40. The second kappa shape index (κ2) is 8.17. The molecule has 5 heteroatoms. The van der Waals surface area contributed by atoms with E-state index in [1.165, 1.54) is 0 Å². The third-order valence-electron chi connectivity index (χ3n) is 3.27. The summed E-state index contributed by atoms with van der Waals surface area (Å²) in [4.78, 5) is 0. The van der Waals surface area contributed by atoms with Gasteiger partial charge in [0.2, 0.25) is 0 Å². The van der Waals surface area contributed by atoms with Gasteiger partial charge in [-0.05, 0) is 13.8 Å². The van der Waals surface area contributed by atoms with Crippen molar-refractivity contribution >= 4 is 0 Å². The summed E-state index contributed by atoms with van der Waals surface area (Å²) in [5, 5.41) is 0. The molecule has 0 N–H and O–H groups in total. The largest absolute Gasteiger partial charge is 0.376 e. The highest BCUT2D eigenvalue weighted by molar-refractivity contribution is 4.76. The van der Waals surface area contributed by atoms with Crippen molar-refractivity contribution in [3.8, 4) is 0 Å². The van der Waals surface area contributed by atoms with Gasteiger partial charge in [0.05, 0.1) is 50.8 Å². The van der Waals surface area contributed by atoms with Crippen LogP contribution in [0.15, 0.2) is 0 Å². The fraction of sp³-hybridized carbons (Fsp3) is 1.00. The number of epoxide rings is 2. The minimum absolute atomic E-state index is 0.136. The first-order valence-corrected chi connectivity index (χ1v) is 7.36. The van der Waals surface area contributed by atoms with Crippen molar-refractivity contribution in [1.82, 2.24) is 0 Å². The molecule has 4 atom stereocenters. The van der Waals surface area contributed by atoms with E-state index in [1.807, 2.05) is 13.8 Å². The SMILES string of the molecule is CCOC(COCC(CC1CO1)OCC)CC1CO1. The van der Waals surface area contributed by atoms with Gasteiger partial charge in [0, 0.05) is 26.1 Å². The first-order valence-electron chi connectivity index (χ1n) is 7.36. The van der Waals surface area contributed by atoms with Gasteiger partial charge >= 0.3 is 0 Å². The van der Waals surface area contributed by atoms with Crippen LogP contribution in [0.2, 0.25) is 0 Å². The molecule has 2 fully saturated rings. The number of hydrogen-bond acceptors (Lipinski definition) is 5. The molecule has 2 saturated heterocycles. The minimum atomic E-state index is 0.136. The molecule has 0 aromatic carbocycles. The lowest BCUT2D eigenvalue weighted by molar-refractivity contribution is -0.0595. The molecule has 0 amide bonds. The Morgan fingerprint density at radius 2 is 1.32 bits per heavy atom. The Kier molecular flexibility index (Phi) is 6.53.